The maximum Gasteiger partial charge on any atom is 0.130 e. The molecule has 4 nitrogen and oxygen atoms in total. The molecule has 0 heterocycles. The highest BCUT2D eigenvalue weighted by atomic mass is 19.1. The first-order chi connectivity index (χ1) is 15.8. The molecule has 0 bridgehead atoms. The van der Waals surface area contributed by atoms with E-state index in [1.807, 2.05) is 37.4 Å². The van der Waals surface area contributed by atoms with E-state index >= 15 is 0 Å². The van der Waals surface area contributed by atoms with Crippen molar-refractivity contribution in [3.63, 3.8) is 0 Å². The number of benzene rings is 2. The van der Waals surface area contributed by atoms with Crippen molar-refractivity contribution < 1.29 is 9.13 Å². The number of hydrogen-bond acceptors (Lipinski definition) is 4. The fourth-order valence-corrected chi connectivity index (χ4v) is 3.24. The first-order valence-electron chi connectivity index (χ1n) is 11.7. The van der Waals surface area contributed by atoms with Gasteiger partial charge in [-0.05, 0) is 69.0 Å². The molecule has 0 spiro atoms. The van der Waals surface area contributed by atoms with E-state index in [1.54, 1.807) is 19.1 Å². The number of hydrogen-bond donors (Lipinski definition) is 1. The van der Waals surface area contributed by atoms with E-state index in [1.165, 1.54) is 12.1 Å². The fourth-order valence-electron chi connectivity index (χ4n) is 3.24. The molecule has 1 unspecified atom stereocenters. The predicted molar refractivity (Wildman–Crippen MR) is 138 cm³/mol. The summed E-state index contributed by atoms with van der Waals surface area (Å²) >= 11 is 0. The largest absolute Gasteiger partial charge is 0.457 e. The highest BCUT2D eigenvalue weighted by molar-refractivity contribution is 6.29. The number of aliphatic imine (C=N–C) groups is 2. The van der Waals surface area contributed by atoms with Crippen LogP contribution in [0.2, 0.25) is 0 Å². The Hall–Kier alpha value is -3.08. The van der Waals surface area contributed by atoms with Gasteiger partial charge in [0, 0.05) is 41.4 Å². The van der Waals surface area contributed by atoms with E-state index in [9.17, 15) is 4.39 Å². The molecule has 0 aliphatic carbocycles. The Kier molecular flexibility index (Phi) is 10.7. The predicted octanol–water partition coefficient (Wildman–Crippen LogP) is 8.03. The molecule has 33 heavy (non-hydrogen) atoms. The standard InChI is InChI=1S/C28H36FN3O/c1-6-8-9-17-31-28(27(21(4)30)22(5)32-19-20(3)7-2)23-13-15-25(16-14-23)33-26-12-10-11-24(29)18-26/h10-16,18-20,30H,6-9,17H2,1-5H3/b27-22+,30-21?,31-28?,32-19?. The number of rotatable bonds is 12. The normalized spacial score (nSPS) is 13.7. The Morgan fingerprint density at radius 1 is 1.06 bits per heavy atom. The lowest BCUT2D eigenvalue weighted by atomic mass is 9.97. The SMILES string of the molecule is CCCCCN=C(/C(C(C)=N)=C(\C)N=CC(C)CC)c1ccc(Oc2cccc(F)c2)cc1. The van der Waals surface area contributed by atoms with Gasteiger partial charge in [-0.1, -0.05) is 39.7 Å². The first-order valence-corrected chi connectivity index (χ1v) is 11.7. The molecule has 0 fully saturated rings. The van der Waals surface area contributed by atoms with Crippen molar-refractivity contribution in [3.8, 4) is 11.5 Å². The van der Waals surface area contributed by atoms with Crippen LogP contribution in [0, 0.1) is 17.1 Å². The van der Waals surface area contributed by atoms with Gasteiger partial charge in [0.05, 0.1) is 5.71 Å². The van der Waals surface area contributed by atoms with E-state index in [-0.39, 0.29) is 5.82 Å². The molecule has 2 aromatic rings. The third-order valence-corrected chi connectivity index (χ3v) is 5.33. The van der Waals surface area contributed by atoms with Gasteiger partial charge < -0.3 is 10.1 Å². The maximum atomic E-state index is 13.5. The number of ether oxygens (including phenoxy) is 1. The lowest BCUT2D eigenvalue weighted by Crippen LogP contribution is -2.14. The zero-order valence-corrected chi connectivity index (χ0v) is 20.5. The van der Waals surface area contributed by atoms with Crippen molar-refractivity contribution in [3.05, 3.63) is 71.2 Å². The van der Waals surface area contributed by atoms with Crippen molar-refractivity contribution in [2.24, 2.45) is 15.9 Å². The number of nitrogens with one attached hydrogen (secondary N) is 1. The zero-order valence-electron chi connectivity index (χ0n) is 20.5. The molecule has 176 valence electrons. The molecule has 0 aromatic heterocycles. The van der Waals surface area contributed by atoms with Gasteiger partial charge in [0.1, 0.15) is 17.3 Å². The summed E-state index contributed by atoms with van der Waals surface area (Å²) in [5.74, 6) is 1.09. The molecule has 2 rings (SSSR count). The average Bonchev–Trinajstić information content (AvgIpc) is 2.79. The minimum atomic E-state index is -0.338. The van der Waals surface area contributed by atoms with Crippen LogP contribution in [-0.2, 0) is 0 Å². The third kappa shape index (κ3) is 8.41. The second-order valence-corrected chi connectivity index (χ2v) is 8.27. The van der Waals surface area contributed by atoms with Crippen LogP contribution in [0.15, 0.2) is 69.8 Å². The van der Waals surface area contributed by atoms with E-state index in [2.05, 4.69) is 25.8 Å². The van der Waals surface area contributed by atoms with E-state index in [0.717, 1.165) is 48.2 Å². The number of unbranched alkanes of at least 4 members (excludes halogenated alkanes) is 2. The molecule has 0 radical (unpaired) electrons. The number of nitrogens with zero attached hydrogens (tertiary/aromatic N) is 2. The third-order valence-electron chi connectivity index (χ3n) is 5.33. The van der Waals surface area contributed by atoms with Gasteiger partial charge >= 0.3 is 0 Å². The van der Waals surface area contributed by atoms with E-state index < -0.39 is 0 Å². The number of halogens is 1. The minimum absolute atomic E-state index is 0.338. The van der Waals surface area contributed by atoms with Crippen molar-refractivity contribution in [1.29, 1.82) is 5.41 Å². The van der Waals surface area contributed by atoms with Crippen LogP contribution in [0.25, 0.3) is 0 Å². The summed E-state index contributed by atoms with van der Waals surface area (Å²) in [6.45, 7) is 10.8. The van der Waals surface area contributed by atoms with Crippen LogP contribution in [0.3, 0.4) is 0 Å². The van der Waals surface area contributed by atoms with Crippen LogP contribution in [0.1, 0.15) is 65.9 Å². The zero-order chi connectivity index (χ0) is 24.2. The summed E-state index contributed by atoms with van der Waals surface area (Å²) in [6.07, 6.45) is 6.20. The summed E-state index contributed by atoms with van der Waals surface area (Å²) in [7, 11) is 0. The Morgan fingerprint density at radius 3 is 2.39 bits per heavy atom. The van der Waals surface area contributed by atoms with Crippen LogP contribution in [-0.4, -0.2) is 24.2 Å². The second kappa shape index (κ2) is 13.5. The van der Waals surface area contributed by atoms with Gasteiger partial charge in [-0.2, -0.15) is 0 Å². The van der Waals surface area contributed by atoms with Crippen LogP contribution < -0.4 is 4.74 Å². The van der Waals surface area contributed by atoms with Crippen molar-refractivity contribution in [1.82, 2.24) is 0 Å². The van der Waals surface area contributed by atoms with E-state index in [0.29, 0.717) is 29.7 Å². The Bertz CT molecular complexity index is 1010. The van der Waals surface area contributed by atoms with Crippen LogP contribution >= 0.6 is 0 Å². The number of allylic oxidation sites excluding steroid dienone is 2. The van der Waals surface area contributed by atoms with Gasteiger partial charge in [0.25, 0.3) is 0 Å². The highest BCUT2D eigenvalue weighted by Gasteiger charge is 2.16. The van der Waals surface area contributed by atoms with Gasteiger partial charge in [-0.15, -0.1) is 0 Å². The van der Waals surface area contributed by atoms with Gasteiger partial charge in [0.2, 0.25) is 0 Å². The second-order valence-electron chi connectivity index (χ2n) is 8.27. The molecule has 1 atom stereocenters. The molecule has 0 saturated carbocycles. The van der Waals surface area contributed by atoms with Crippen molar-refractivity contribution in [2.45, 2.75) is 60.3 Å². The molecule has 2 aromatic carbocycles. The highest BCUT2D eigenvalue weighted by Crippen LogP contribution is 2.24. The quantitative estimate of drug-likeness (QED) is 0.259. The molecule has 0 saturated heterocycles. The average molecular weight is 450 g/mol. The van der Waals surface area contributed by atoms with Crippen molar-refractivity contribution >= 4 is 17.6 Å². The lowest BCUT2D eigenvalue weighted by molar-refractivity contribution is 0.477. The molecule has 0 aliphatic heterocycles. The topological polar surface area (TPSA) is 57.8 Å². The van der Waals surface area contributed by atoms with Gasteiger partial charge in [0.15, 0.2) is 0 Å². The summed E-state index contributed by atoms with van der Waals surface area (Å²) < 4.78 is 19.2. The van der Waals surface area contributed by atoms with E-state index in [4.69, 9.17) is 15.1 Å². The minimum Gasteiger partial charge on any atom is -0.457 e. The summed E-state index contributed by atoms with van der Waals surface area (Å²) in [6, 6.07) is 13.6. The molecule has 1 N–H and O–H groups in total. The maximum absolute atomic E-state index is 13.5. The Morgan fingerprint density at radius 2 is 1.79 bits per heavy atom. The van der Waals surface area contributed by atoms with Crippen molar-refractivity contribution in [2.75, 3.05) is 6.54 Å². The smallest absolute Gasteiger partial charge is 0.130 e. The Labute approximate surface area is 197 Å². The first kappa shape index (κ1) is 26.2. The summed E-state index contributed by atoms with van der Waals surface area (Å²) in [4.78, 5) is 9.56. The summed E-state index contributed by atoms with van der Waals surface area (Å²) in [5.41, 5.74) is 3.65. The van der Waals surface area contributed by atoms with Crippen LogP contribution in [0.4, 0.5) is 4.39 Å². The van der Waals surface area contributed by atoms with Crippen LogP contribution in [0.5, 0.6) is 11.5 Å². The molecule has 5 heteroatoms. The molecule has 0 aliphatic rings. The van der Waals surface area contributed by atoms with Gasteiger partial charge in [-0.3, -0.25) is 9.98 Å². The van der Waals surface area contributed by atoms with Gasteiger partial charge in [-0.25, -0.2) is 4.39 Å². The monoisotopic (exact) mass is 449 g/mol. The molecular formula is C28H36FN3O. The lowest BCUT2D eigenvalue weighted by Gasteiger charge is -2.14. The fraction of sp³-hybridized carbons (Fsp3) is 0.393. The summed E-state index contributed by atoms with van der Waals surface area (Å²) in [5, 5.41) is 8.45. The Balaban J connectivity index is 2.41. The molecular weight excluding hydrogens is 413 g/mol. The molecule has 0 amide bonds.